The van der Waals surface area contributed by atoms with Crippen molar-refractivity contribution in [1.82, 2.24) is 0 Å². The lowest BCUT2D eigenvalue weighted by molar-refractivity contribution is -0.118. The predicted molar refractivity (Wildman–Crippen MR) is 96.4 cm³/mol. The van der Waals surface area contributed by atoms with Gasteiger partial charge in [-0.1, -0.05) is 44.2 Å². The van der Waals surface area contributed by atoms with E-state index in [9.17, 15) is 9.90 Å². The first-order valence-electron chi connectivity index (χ1n) is 8.34. The van der Waals surface area contributed by atoms with E-state index in [1.165, 1.54) is 0 Å². The summed E-state index contributed by atoms with van der Waals surface area (Å²) in [6, 6.07) is 13.2. The molecule has 1 unspecified atom stereocenters. The standard InChI is InChI=1S/C20H25NO3/c1-4-15-8-6-7-14(3)20(15)21-19(23)13-24-17-11-9-16(10-12-17)18(22)5-2/h6-12,18,22H,4-5,13H2,1-3H3,(H,21,23). The first kappa shape index (κ1) is 18.0. The van der Waals surface area contributed by atoms with Crippen LogP contribution in [0.4, 0.5) is 5.69 Å². The Morgan fingerprint density at radius 1 is 1.17 bits per heavy atom. The molecule has 0 aliphatic carbocycles. The van der Waals surface area contributed by atoms with E-state index in [1.54, 1.807) is 12.1 Å². The molecule has 4 heteroatoms. The molecule has 0 radical (unpaired) electrons. The number of hydrogen-bond acceptors (Lipinski definition) is 3. The Morgan fingerprint density at radius 3 is 2.50 bits per heavy atom. The van der Waals surface area contributed by atoms with Crippen LogP contribution in [-0.4, -0.2) is 17.6 Å². The van der Waals surface area contributed by atoms with Crippen LogP contribution < -0.4 is 10.1 Å². The third-order valence-electron chi connectivity index (χ3n) is 4.03. The molecule has 128 valence electrons. The van der Waals surface area contributed by atoms with Crippen LogP contribution in [0.3, 0.4) is 0 Å². The molecule has 24 heavy (non-hydrogen) atoms. The molecule has 0 fully saturated rings. The number of nitrogens with one attached hydrogen (secondary N) is 1. The number of aryl methyl sites for hydroxylation is 2. The summed E-state index contributed by atoms with van der Waals surface area (Å²) in [6.07, 6.45) is 1.06. The number of aliphatic hydroxyl groups is 1. The van der Waals surface area contributed by atoms with E-state index in [4.69, 9.17) is 4.74 Å². The number of anilines is 1. The van der Waals surface area contributed by atoms with Crippen LogP contribution in [0.1, 0.15) is 43.1 Å². The first-order valence-corrected chi connectivity index (χ1v) is 8.34. The molecule has 2 N–H and O–H groups in total. The molecule has 2 rings (SSSR count). The van der Waals surface area contributed by atoms with E-state index in [0.29, 0.717) is 12.2 Å². The molecule has 0 saturated carbocycles. The molecule has 0 aliphatic rings. The average molecular weight is 327 g/mol. The van der Waals surface area contributed by atoms with Crippen LogP contribution in [0, 0.1) is 6.92 Å². The Labute approximate surface area is 143 Å². The highest BCUT2D eigenvalue weighted by molar-refractivity contribution is 5.93. The second kappa shape index (κ2) is 8.50. The quantitative estimate of drug-likeness (QED) is 0.807. The van der Waals surface area contributed by atoms with Crippen LogP contribution in [0.5, 0.6) is 5.75 Å². The van der Waals surface area contributed by atoms with E-state index in [0.717, 1.165) is 28.8 Å². The predicted octanol–water partition coefficient (Wildman–Crippen LogP) is 4.02. The van der Waals surface area contributed by atoms with Crippen LogP contribution in [0.2, 0.25) is 0 Å². The number of carbonyl (C=O) groups excluding carboxylic acids is 1. The van der Waals surface area contributed by atoms with Crippen molar-refractivity contribution in [1.29, 1.82) is 0 Å². The molecule has 2 aromatic rings. The van der Waals surface area contributed by atoms with Crippen LogP contribution in [-0.2, 0) is 11.2 Å². The summed E-state index contributed by atoms with van der Waals surface area (Å²) in [5.41, 5.74) is 3.87. The van der Waals surface area contributed by atoms with Gasteiger partial charge in [-0.25, -0.2) is 0 Å². The highest BCUT2D eigenvalue weighted by Gasteiger charge is 2.10. The summed E-state index contributed by atoms with van der Waals surface area (Å²) >= 11 is 0. The summed E-state index contributed by atoms with van der Waals surface area (Å²) in [5.74, 6) is 0.425. The van der Waals surface area contributed by atoms with Crippen molar-refractivity contribution in [3.05, 3.63) is 59.2 Å². The molecule has 0 saturated heterocycles. The van der Waals surface area contributed by atoms with Crippen LogP contribution in [0.25, 0.3) is 0 Å². The maximum Gasteiger partial charge on any atom is 0.262 e. The minimum Gasteiger partial charge on any atom is -0.484 e. The van der Waals surface area contributed by atoms with Crippen molar-refractivity contribution in [2.24, 2.45) is 0 Å². The lowest BCUT2D eigenvalue weighted by Crippen LogP contribution is -2.21. The number of carbonyl (C=O) groups is 1. The second-order valence-corrected chi connectivity index (χ2v) is 5.79. The zero-order chi connectivity index (χ0) is 17.5. The number of para-hydroxylation sites is 1. The fourth-order valence-corrected chi connectivity index (χ4v) is 2.55. The molecule has 0 bridgehead atoms. The van der Waals surface area contributed by atoms with Crippen molar-refractivity contribution in [2.75, 3.05) is 11.9 Å². The number of amides is 1. The molecular weight excluding hydrogens is 302 g/mol. The first-order chi connectivity index (χ1) is 11.5. The Bertz CT molecular complexity index is 680. The number of rotatable bonds is 7. The van der Waals surface area contributed by atoms with Crippen LogP contribution in [0.15, 0.2) is 42.5 Å². The van der Waals surface area contributed by atoms with Gasteiger partial charge in [-0.3, -0.25) is 4.79 Å². The summed E-state index contributed by atoms with van der Waals surface area (Å²) in [6.45, 7) is 5.92. The second-order valence-electron chi connectivity index (χ2n) is 5.79. The zero-order valence-corrected chi connectivity index (χ0v) is 14.5. The maximum atomic E-state index is 12.2. The molecule has 1 amide bonds. The van der Waals surface area contributed by atoms with Crippen molar-refractivity contribution >= 4 is 11.6 Å². The number of hydrogen-bond donors (Lipinski definition) is 2. The smallest absolute Gasteiger partial charge is 0.262 e. The minimum absolute atomic E-state index is 0.0484. The van der Waals surface area contributed by atoms with Gasteiger partial charge in [-0.2, -0.15) is 0 Å². The van der Waals surface area contributed by atoms with E-state index >= 15 is 0 Å². The van der Waals surface area contributed by atoms with Gasteiger partial charge >= 0.3 is 0 Å². The Hall–Kier alpha value is -2.33. The van der Waals surface area contributed by atoms with Gasteiger partial charge < -0.3 is 15.2 Å². The van der Waals surface area contributed by atoms with E-state index in [2.05, 4.69) is 12.2 Å². The lowest BCUT2D eigenvalue weighted by Gasteiger charge is -2.14. The summed E-state index contributed by atoms with van der Waals surface area (Å²) in [7, 11) is 0. The lowest BCUT2D eigenvalue weighted by atomic mass is 10.1. The minimum atomic E-state index is -0.462. The number of aliphatic hydroxyl groups excluding tert-OH is 1. The highest BCUT2D eigenvalue weighted by Crippen LogP contribution is 2.22. The Balaban J connectivity index is 1.94. The topological polar surface area (TPSA) is 58.6 Å². The zero-order valence-electron chi connectivity index (χ0n) is 14.5. The van der Waals surface area contributed by atoms with Crippen molar-refractivity contribution in [2.45, 2.75) is 39.7 Å². The molecule has 0 aliphatic heterocycles. The van der Waals surface area contributed by atoms with Crippen molar-refractivity contribution in [3.63, 3.8) is 0 Å². The fourth-order valence-electron chi connectivity index (χ4n) is 2.55. The SMILES string of the molecule is CCc1cccc(C)c1NC(=O)COc1ccc(C(O)CC)cc1. The molecule has 4 nitrogen and oxygen atoms in total. The Kier molecular flexibility index (Phi) is 6.38. The van der Waals surface area contributed by atoms with Gasteiger partial charge in [0, 0.05) is 5.69 Å². The molecule has 1 atom stereocenters. The van der Waals surface area contributed by atoms with Gasteiger partial charge in [0.25, 0.3) is 5.91 Å². The van der Waals surface area contributed by atoms with Gasteiger partial charge in [0.1, 0.15) is 5.75 Å². The van der Waals surface area contributed by atoms with E-state index in [1.807, 2.05) is 44.2 Å². The molecular formula is C20H25NO3. The molecule has 0 heterocycles. The largest absolute Gasteiger partial charge is 0.484 e. The average Bonchev–Trinajstić information content (AvgIpc) is 2.61. The highest BCUT2D eigenvalue weighted by atomic mass is 16.5. The van der Waals surface area contributed by atoms with Gasteiger partial charge in [0.15, 0.2) is 6.61 Å². The van der Waals surface area contributed by atoms with Gasteiger partial charge in [0.05, 0.1) is 6.10 Å². The van der Waals surface area contributed by atoms with Crippen molar-refractivity contribution in [3.8, 4) is 5.75 Å². The van der Waals surface area contributed by atoms with Crippen LogP contribution >= 0.6 is 0 Å². The third-order valence-corrected chi connectivity index (χ3v) is 4.03. The monoisotopic (exact) mass is 327 g/mol. The summed E-state index contributed by atoms with van der Waals surface area (Å²) in [4.78, 5) is 12.2. The number of benzene rings is 2. The summed E-state index contributed by atoms with van der Waals surface area (Å²) < 4.78 is 5.53. The van der Waals surface area contributed by atoms with Crippen molar-refractivity contribution < 1.29 is 14.6 Å². The molecule has 2 aromatic carbocycles. The normalized spacial score (nSPS) is 11.8. The molecule has 0 aromatic heterocycles. The van der Waals surface area contributed by atoms with E-state index in [-0.39, 0.29) is 12.5 Å². The number of ether oxygens (including phenoxy) is 1. The van der Waals surface area contributed by atoms with Gasteiger partial charge in [-0.05, 0) is 48.6 Å². The van der Waals surface area contributed by atoms with E-state index < -0.39 is 6.10 Å². The third kappa shape index (κ3) is 4.59. The maximum absolute atomic E-state index is 12.2. The van der Waals surface area contributed by atoms with Gasteiger partial charge in [-0.15, -0.1) is 0 Å². The molecule has 0 spiro atoms. The van der Waals surface area contributed by atoms with Gasteiger partial charge in [0.2, 0.25) is 0 Å². The fraction of sp³-hybridized carbons (Fsp3) is 0.350. The Morgan fingerprint density at radius 2 is 1.88 bits per heavy atom. The summed E-state index contributed by atoms with van der Waals surface area (Å²) in [5, 5.41) is 12.7.